The van der Waals surface area contributed by atoms with Crippen molar-refractivity contribution in [1.82, 2.24) is 10.2 Å². The zero-order chi connectivity index (χ0) is 19.6. The van der Waals surface area contributed by atoms with Gasteiger partial charge in [0.25, 0.3) is 5.91 Å². The fourth-order valence-electron chi connectivity index (χ4n) is 2.54. The third-order valence-corrected chi connectivity index (χ3v) is 4.20. The molecule has 2 aromatic rings. The Kier molecular flexibility index (Phi) is 5.32. The molecular formula is C19H16ClFN2O4. The fraction of sp³-hybridized carbons (Fsp3) is 0.158. The molecule has 3 amide bonds. The van der Waals surface area contributed by atoms with Crippen molar-refractivity contribution >= 4 is 29.6 Å². The second kappa shape index (κ2) is 7.67. The van der Waals surface area contributed by atoms with E-state index in [1.54, 1.807) is 24.3 Å². The highest BCUT2D eigenvalue weighted by atomic mass is 35.5. The summed E-state index contributed by atoms with van der Waals surface area (Å²) in [4.78, 5) is 24.5. The van der Waals surface area contributed by atoms with Gasteiger partial charge >= 0.3 is 6.03 Å². The summed E-state index contributed by atoms with van der Waals surface area (Å²) in [5.74, 6) is -0.161. The van der Waals surface area contributed by atoms with Crippen LogP contribution >= 0.6 is 11.6 Å². The van der Waals surface area contributed by atoms with Crippen LogP contribution in [0, 0.1) is 5.82 Å². The lowest BCUT2D eigenvalue weighted by atomic mass is 10.1. The van der Waals surface area contributed by atoms with Gasteiger partial charge in [-0.05, 0) is 41.5 Å². The van der Waals surface area contributed by atoms with Gasteiger partial charge in [-0.25, -0.2) is 9.18 Å². The molecule has 1 aliphatic heterocycles. The van der Waals surface area contributed by atoms with E-state index in [0.29, 0.717) is 22.6 Å². The van der Waals surface area contributed by atoms with Gasteiger partial charge in [0.05, 0.1) is 12.1 Å². The zero-order valence-corrected chi connectivity index (χ0v) is 15.3. The van der Waals surface area contributed by atoms with E-state index in [1.165, 1.54) is 32.4 Å². The van der Waals surface area contributed by atoms with Gasteiger partial charge in [0.2, 0.25) is 0 Å². The molecule has 0 spiro atoms. The highest BCUT2D eigenvalue weighted by Crippen LogP contribution is 2.37. The highest BCUT2D eigenvalue weighted by molar-refractivity contribution is 6.32. The number of amides is 3. The maximum Gasteiger partial charge on any atom is 0.328 e. The van der Waals surface area contributed by atoms with Crippen molar-refractivity contribution in [1.29, 1.82) is 0 Å². The van der Waals surface area contributed by atoms with Crippen LogP contribution in [0.4, 0.5) is 9.18 Å². The number of rotatable bonds is 5. The summed E-state index contributed by atoms with van der Waals surface area (Å²) in [6, 6.07) is 8.73. The Bertz CT molecular complexity index is 945. The zero-order valence-electron chi connectivity index (χ0n) is 14.6. The minimum atomic E-state index is -0.501. The number of likely N-dealkylation sites (N-methyl/N-ethyl adjacent to an activating group) is 1. The van der Waals surface area contributed by atoms with Crippen LogP contribution in [0.15, 0.2) is 42.1 Å². The van der Waals surface area contributed by atoms with Gasteiger partial charge in [0, 0.05) is 7.05 Å². The van der Waals surface area contributed by atoms with E-state index in [2.05, 4.69) is 5.32 Å². The van der Waals surface area contributed by atoms with Crippen LogP contribution in [-0.4, -0.2) is 31.0 Å². The molecule has 27 heavy (non-hydrogen) atoms. The first-order valence-electron chi connectivity index (χ1n) is 7.94. The number of nitrogens with zero attached hydrogens (tertiary/aromatic N) is 1. The minimum Gasteiger partial charge on any atom is -0.493 e. The first-order chi connectivity index (χ1) is 12.9. The van der Waals surface area contributed by atoms with E-state index in [-0.39, 0.29) is 23.1 Å². The molecule has 3 rings (SSSR count). The van der Waals surface area contributed by atoms with E-state index in [0.717, 1.165) is 4.90 Å². The standard InChI is InChI=1S/C19H16ClFN2O4/c1-23-18(24)15(22-19(23)25)8-12-7-14(20)17(16(9-12)26-2)27-10-11-4-3-5-13(21)6-11/h3-9H,10H2,1-2H3,(H,22,25)/b15-8+. The Morgan fingerprint density at radius 1 is 1.26 bits per heavy atom. The lowest BCUT2D eigenvalue weighted by molar-refractivity contribution is -0.121. The number of ether oxygens (including phenoxy) is 2. The number of methoxy groups -OCH3 is 1. The normalized spacial score (nSPS) is 15.3. The lowest BCUT2D eigenvalue weighted by Crippen LogP contribution is -2.25. The summed E-state index contributed by atoms with van der Waals surface area (Å²) in [7, 11) is 2.84. The summed E-state index contributed by atoms with van der Waals surface area (Å²) >= 11 is 6.30. The first kappa shape index (κ1) is 18.7. The van der Waals surface area contributed by atoms with Gasteiger partial charge in [-0.1, -0.05) is 23.7 Å². The van der Waals surface area contributed by atoms with Crippen LogP contribution in [0.25, 0.3) is 6.08 Å². The van der Waals surface area contributed by atoms with Crippen molar-refractivity contribution in [2.75, 3.05) is 14.2 Å². The van der Waals surface area contributed by atoms with Gasteiger partial charge in [-0.2, -0.15) is 0 Å². The van der Waals surface area contributed by atoms with Crippen LogP contribution in [0.1, 0.15) is 11.1 Å². The number of hydrogen-bond acceptors (Lipinski definition) is 4. The molecule has 0 aromatic heterocycles. The van der Waals surface area contributed by atoms with Crippen LogP contribution in [0.5, 0.6) is 11.5 Å². The monoisotopic (exact) mass is 390 g/mol. The van der Waals surface area contributed by atoms with Gasteiger partial charge in [-0.15, -0.1) is 0 Å². The molecule has 0 unspecified atom stereocenters. The number of carbonyl (C=O) groups excluding carboxylic acids is 2. The number of carbonyl (C=O) groups is 2. The minimum absolute atomic E-state index is 0.105. The Balaban J connectivity index is 1.85. The van der Waals surface area contributed by atoms with Crippen LogP contribution in [0.3, 0.4) is 0 Å². The number of imide groups is 1. The second-order valence-corrected chi connectivity index (χ2v) is 6.21. The van der Waals surface area contributed by atoms with E-state index in [1.807, 2.05) is 0 Å². The van der Waals surface area contributed by atoms with Crippen LogP contribution in [-0.2, 0) is 11.4 Å². The van der Waals surface area contributed by atoms with Crippen molar-refractivity contribution in [2.24, 2.45) is 0 Å². The van der Waals surface area contributed by atoms with Gasteiger partial charge in [0.15, 0.2) is 11.5 Å². The van der Waals surface area contributed by atoms with Crippen LogP contribution < -0.4 is 14.8 Å². The third-order valence-electron chi connectivity index (χ3n) is 3.92. The van der Waals surface area contributed by atoms with E-state index < -0.39 is 11.9 Å². The molecule has 1 saturated heterocycles. The predicted molar refractivity (Wildman–Crippen MR) is 98.0 cm³/mol. The molecule has 0 aliphatic carbocycles. The quantitative estimate of drug-likeness (QED) is 0.625. The molecule has 0 radical (unpaired) electrons. The summed E-state index contributed by atoms with van der Waals surface area (Å²) in [6.07, 6.45) is 1.49. The SMILES string of the molecule is COc1cc(/C=C2/NC(=O)N(C)C2=O)cc(Cl)c1OCc1cccc(F)c1. The number of benzene rings is 2. The predicted octanol–water partition coefficient (Wildman–Crippen LogP) is 3.59. The molecular weight excluding hydrogens is 375 g/mol. The largest absolute Gasteiger partial charge is 0.493 e. The average Bonchev–Trinajstić information content (AvgIpc) is 2.87. The summed E-state index contributed by atoms with van der Waals surface area (Å²) in [5.41, 5.74) is 1.32. The second-order valence-electron chi connectivity index (χ2n) is 5.81. The maximum absolute atomic E-state index is 13.3. The molecule has 140 valence electrons. The molecule has 1 fully saturated rings. The molecule has 1 aliphatic rings. The Morgan fingerprint density at radius 3 is 2.67 bits per heavy atom. The van der Waals surface area contributed by atoms with E-state index >= 15 is 0 Å². The number of hydrogen-bond donors (Lipinski definition) is 1. The van der Waals surface area contributed by atoms with Crippen molar-refractivity contribution in [3.8, 4) is 11.5 Å². The summed E-state index contributed by atoms with van der Waals surface area (Å²) in [5, 5.41) is 2.73. The van der Waals surface area contributed by atoms with Crippen molar-refractivity contribution in [2.45, 2.75) is 6.61 Å². The lowest BCUT2D eigenvalue weighted by Gasteiger charge is -2.13. The summed E-state index contributed by atoms with van der Waals surface area (Å²) in [6.45, 7) is 0.105. The Morgan fingerprint density at radius 2 is 2.04 bits per heavy atom. The van der Waals surface area contributed by atoms with Crippen LogP contribution in [0.2, 0.25) is 5.02 Å². The number of halogens is 2. The molecule has 1 N–H and O–H groups in total. The Hall–Kier alpha value is -3.06. The molecule has 2 aromatic carbocycles. The molecule has 6 nitrogen and oxygen atoms in total. The van der Waals surface area contributed by atoms with E-state index in [4.69, 9.17) is 21.1 Å². The highest BCUT2D eigenvalue weighted by Gasteiger charge is 2.30. The summed E-state index contributed by atoms with van der Waals surface area (Å²) < 4.78 is 24.3. The maximum atomic E-state index is 13.3. The fourth-order valence-corrected chi connectivity index (χ4v) is 2.81. The van der Waals surface area contributed by atoms with Gasteiger partial charge in [-0.3, -0.25) is 9.69 Å². The number of nitrogens with one attached hydrogen (secondary N) is 1. The molecule has 8 heteroatoms. The third kappa shape index (κ3) is 4.03. The molecule has 0 saturated carbocycles. The molecule has 0 bridgehead atoms. The van der Waals surface area contributed by atoms with Crippen molar-refractivity contribution in [3.63, 3.8) is 0 Å². The topological polar surface area (TPSA) is 67.9 Å². The van der Waals surface area contributed by atoms with Gasteiger partial charge < -0.3 is 14.8 Å². The average molecular weight is 391 g/mol. The van der Waals surface area contributed by atoms with Gasteiger partial charge in [0.1, 0.15) is 18.1 Å². The first-order valence-corrected chi connectivity index (χ1v) is 8.32. The number of urea groups is 1. The van der Waals surface area contributed by atoms with E-state index in [9.17, 15) is 14.0 Å². The molecule has 1 heterocycles. The Labute approximate surface area is 160 Å². The van der Waals surface area contributed by atoms with Crippen molar-refractivity contribution < 1.29 is 23.5 Å². The smallest absolute Gasteiger partial charge is 0.328 e. The molecule has 0 atom stereocenters. The van der Waals surface area contributed by atoms with Crippen molar-refractivity contribution in [3.05, 3.63) is 64.1 Å².